The molecular formula is C9H5NOS. The maximum Gasteiger partial charge on any atom is 0.141 e. The zero-order chi connectivity index (χ0) is 7.97. The molecule has 1 aromatic carbocycles. The van der Waals surface area contributed by atoms with E-state index in [0.717, 1.165) is 10.2 Å². The highest BCUT2D eigenvalue weighted by Gasteiger charge is 2.06. The Kier molecular flexibility index (Phi) is 1.07. The van der Waals surface area contributed by atoms with Crippen LogP contribution in [0.25, 0.3) is 20.3 Å². The molecule has 0 saturated carbocycles. The van der Waals surface area contributed by atoms with Crippen molar-refractivity contribution in [1.82, 2.24) is 5.16 Å². The third-order valence-electron chi connectivity index (χ3n) is 1.90. The molecule has 0 spiro atoms. The number of hydrogen-bond donors (Lipinski definition) is 0. The highest BCUT2D eigenvalue weighted by Crippen LogP contribution is 2.32. The summed E-state index contributed by atoms with van der Waals surface area (Å²) in [6, 6.07) is 8.22. The van der Waals surface area contributed by atoms with Crippen LogP contribution in [0.15, 0.2) is 35.1 Å². The maximum atomic E-state index is 4.87. The SMILES string of the molecule is c1ccc2c(c1)sc1conc12. The quantitative estimate of drug-likeness (QED) is 0.525. The molecule has 0 radical (unpaired) electrons. The standard InChI is InChI=1S/C9H5NOS/c1-2-4-7-6(3-1)9-8(12-7)5-11-10-9/h1-5H. The van der Waals surface area contributed by atoms with Crippen molar-refractivity contribution in [1.29, 1.82) is 0 Å². The predicted octanol–water partition coefficient (Wildman–Crippen LogP) is 3.04. The second kappa shape index (κ2) is 2.08. The lowest BCUT2D eigenvalue weighted by Gasteiger charge is -1.83. The average Bonchev–Trinajstić information content (AvgIpc) is 2.62. The summed E-state index contributed by atoms with van der Waals surface area (Å²) >= 11 is 1.71. The Hall–Kier alpha value is -1.35. The fourth-order valence-corrected chi connectivity index (χ4v) is 2.35. The Morgan fingerprint density at radius 1 is 1.17 bits per heavy atom. The third kappa shape index (κ3) is 0.662. The molecule has 0 aliphatic heterocycles. The first-order valence-electron chi connectivity index (χ1n) is 3.67. The summed E-state index contributed by atoms with van der Waals surface area (Å²) in [6.45, 7) is 0. The smallest absolute Gasteiger partial charge is 0.141 e. The number of thiophene rings is 1. The van der Waals surface area contributed by atoms with E-state index in [1.54, 1.807) is 17.6 Å². The fourth-order valence-electron chi connectivity index (χ4n) is 1.35. The molecule has 58 valence electrons. The summed E-state index contributed by atoms with van der Waals surface area (Å²) in [4.78, 5) is 0. The molecule has 3 rings (SSSR count). The summed E-state index contributed by atoms with van der Waals surface area (Å²) in [5.41, 5.74) is 0.982. The Morgan fingerprint density at radius 2 is 2.08 bits per heavy atom. The van der Waals surface area contributed by atoms with Gasteiger partial charge in [-0.15, -0.1) is 11.3 Å². The van der Waals surface area contributed by atoms with Crippen LogP contribution in [-0.2, 0) is 0 Å². The topological polar surface area (TPSA) is 26.0 Å². The molecule has 0 aliphatic carbocycles. The van der Waals surface area contributed by atoms with E-state index >= 15 is 0 Å². The van der Waals surface area contributed by atoms with Gasteiger partial charge in [0.25, 0.3) is 0 Å². The van der Waals surface area contributed by atoms with Gasteiger partial charge in [-0.05, 0) is 6.07 Å². The van der Waals surface area contributed by atoms with Crippen LogP contribution < -0.4 is 0 Å². The van der Waals surface area contributed by atoms with Gasteiger partial charge in [-0.2, -0.15) is 0 Å². The molecule has 12 heavy (non-hydrogen) atoms. The Bertz CT molecular complexity index is 536. The summed E-state index contributed by atoms with van der Waals surface area (Å²) in [7, 11) is 0. The first-order valence-corrected chi connectivity index (χ1v) is 4.48. The van der Waals surface area contributed by atoms with Crippen LogP contribution >= 0.6 is 11.3 Å². The Labute approximate surface area is 72.4 Å². The van der Waals surface area contributed by atoms with Crippen molar-refractivity contribution in [3.05, 3.63) is 30.5 Å². The molecule has 0 atom stereocenters. The van der Waals surface area contributed by atoms with Crippen molar-refractivity contribution in [3.63, 3.8) is 0 Å². The van der Waals surface area contributed by atoms with E-state index in [9.17, 15) is 0 Å². The number of fused-ring (bicyclic) bond motifs is 3. The number of rotatable bonds is 0. The number of aromatic nitrogens is 1. The molecule has 2 heterocycles. The van der Waals surface area contributed by atoms with E-state index < -0.39 is 0 Å². The minimum Gasteiger partial charge on any atom is -0.363 e. The van der Waals surface area contributed by atoms with E-state index in [1.165, 1.54) is 10.1 Å². The molecule has 2 nitrogen and oxygen atoms in total. The molecule has 0 bridgehead atoms. The lowest BCUT2D eigenvalue weighted by atomic mass is 10.2. The van der Waals surface area contributed by atoms with Crippen molar-refractivity contribution in [2.45, 2.75) is 0 Å². The van der Waals surface area contributed by atoms with Gasteiger partial charge in [-0.1, -0.05) is 23.4 Å². The predicted molar refractivity (Wildman–Crippen MR) is 49.4 cm³/mol. The van der Waals surface area contributed by atoms with Gasteiger partial charge in [-0.25, -0.2) is 0 Å². The largest absolute Gasteiger partial charge is 0.363 e. The first-order chi connectivity index (χ1) is 5.95. The van der Waals surface area contributed by atoms with E-state index in [4.69, 9.17) is 4.52 Å². The molecule has 0 amide bonds. The molecular weight excluding hydrogens is 170 g/mol. The van der Waals surface area contributed by atoms with Crippen molar-refractivity contribution in [3.8, 4) is 0 Å². The summed E-state index contributed by atoms with van der Waals surface area (Å²) < 4.78 is 7.26. The van der Waals surface area contributed by atoms with E-state index in [0.29, 0.717) is 0 Å². The molecule has 0 saturated heterocycles. The zero-order valence-corrected chi connectivity index (χ0v) is 6.97. The molecule has 2 aromatic heterocycles. The highest BCUT2D eigenvalue weighted by atomic mass is 32.1. The van der Waals surface area contributed by atoms with Crippen molar-refractivity contribution in [2.75, 3.05) is 0 Å². The molecule has 0 fully saturated rings. The molecule has 0 N–H and O–H groups in total. The van der Waals surface area contributed by atoms with Crippen LogP contribution in [0.4, 0.5) is 0 Å². The fraction of sp³-hybridized carbons (Fsp3) is 0. The highest BCUT2D eigenvalue weighted by molar-refractivity contribution is 7.25. The van der Waals surface area contributed by atoms with Gasteiger partial charge in [0.2, 0.25) is 0 Å². The zero-order valence-electron chi connectivity index (χ0n) is 6.15. The van der Waals surface area contributed by atoms with Gasteiger partial charge in [0, 0.05) is 10.1 Å². The van der Waals surface area contributed by atoms with E-state index in [1.807, 2.05) is 12.1 Å². The van der Waals surface area contributed by atoms with Crippen LogP contribution in [0.5, 0.6) is 0 Å². The third-order valence-corrected chi connectivity index (χ3v) is 2.98. The maximum absolute atomic E-state index is 4.87. The number of hydrogen-bond acceptors (Lipinski definition) is 3. The Balaban J connectivity index is 2.68. The van der Waals surface area contributed by atoms with Gasteiger partial charge >= 0.3 is 0 Å². The minimum atomic E-state index is 0.982. The van der Waals surface area contributed by atoms with Crippen LogP contribution in [0.1, 0.15) is 0 Å². The summed E-state index contributed by atoms with van der Waals surface area (Å²) in [5.74, 6) is 0. The monoisotopic (exact) mass is 175 g/mol. The normalized spacial score (nSPS) is 11.3. The van der Waals surface area contributed by atoms with Crippen molar-refractivity contribution in [2.24, 2.45) is 0 Å². The van der Waals surface area contributed by atoms with Crippen LogP contribution in [0.3, 0.4) is 0 Å². The van der Waals surface area contributed by atoms with Crippen LogP contribution in [0.2, 0.25) is 0 Å². The summed E-state index contributed by atoms with van der Waals surface area (Å²) in [6.07, 6.45) is 1.69. The van der Waals surface area contributed by atoms with Crippen LogP contribution in [-0.4, -0.2) is 5.16 Å². The van der Waals surface area contributed by atoms with Crippen LogP contribution in [0, 0.1) is 0 Å². The number of nitrogens with zero attached hydrogens (tertiary/aromatic N) is 1. The second-order valence-corrected chi connectivity index (χ2v) is 3.71. The van der Waals surface area contributed by atoms with E-state index in [2.05, 4.69) is 17.3 Å². The first kappa shape index (κ1) is 6.20. The van der Waals surface area contributed by atoms with Gasteiger partial charge in [0.05, 0.1) is 4.70 Å². The van der Waals surface area contributed by atoms with Gasteiger partial charge < -0.3 is 4.52 Å². The second-order valence-electron chi connectivity index (χ2n) is 2.63. The molecule has 0 aliphatic rings. The lowest BCUT2D eigenvalue weighted by Crippen LogP contribution is -1.62. The molecule has 3 aromatic rings. The van der Waals surface area contributed by atoms with Crippen molar-refractivity contribution < 1.29 is 4.52 Å². The number of benzene rings is 1. The van der Waals surface area contributed by atoms with Gasteiger partial charge in [-0.3, -0.25) is 0 Å². The molecule has 3 heteroatoms. The minimum absolute atomic E-state index is 0.982. The average molecular weight is 175 g/mol. The van der Waals surface area contributed by atoms with Gasteiger partial charge in [0.15, 0.2) is 0 Å². The summed E-state index contributed by atoms with van der Waals surface area (Å²) in [5, 5.41) is 5.13. The van der Waals surface area contributed by atoms with Gasteiger partial charge in [0.1, 0.15) is 11.8 Å². The molecule has 0 unspecified atom stereocenters. The van der Waals surface area contributed by atoms with Crippen molar-refractivity contribution >= 4 is 31.6 Å². The Morgan fingerprint density at radius 3 is 3.08 bits per heavy atom. The van der Waals surface area contributed by atoms with E-state index in [-0.39, 0.29) is 0 Å². The lowest BCUT2D eigenvalue weighted by molar-refractivity contribution is 0.429.